The Hall–Kier alpha value is -4.50. The summed E-state index contributed by atoms with van der Waals surface area (Å²) >= 11 is 6.02. The van der Waals surface area contributed by atoms with Crippen molar-refractivity contribution in [2.24, 2.45) is 10.8 Å². The standard InChI is InChI=1S/C23H17ClN4O5/c24-18-7-3-2-6-17(18)23(32)33-19-8-4-1-5-15(19)13-26-28-22(31)21(30)27-16-11-9-14(10-12-16)20(25)29/h1-13H,(H2,25,29)(H,27,30)(H,28,31)/b26-13+. The predicted octanol–water partition coefficient (Wildman–Crippen LogP) is 2.75. The van der Waals surface area contributed by atoms with E-state index in [4.69, 9.17) is 22.1 Å². The van der Waals surface area contributed by atoms with Gasteiger partial charge in [0.2, 0.25) is 5.91 Å². The monoisotopic (exact) mass is 464 g/mol. The van der Waals surface area contributed by atoms with Crippen LogP contribution in [-0.2, 0) is 9.59 Å². The molecule has 33 heavy (non-hydrogen) atoms. The maximum atomic E-state index is 12.4. The van der Waals surface area contributed by atoms with Crippen LogP contribution in [0.4, 0.5) is 5.69 Å². The number of para-hydroxylation sites is 1. The minimum Gasteiger partial charge on any atom is -0.422 e. The molecular weight excluding hydrogens is 448 g/mol. The average molecular weight is 465 g/mol. The van der Waals surface area contributed by atoms with Crippen LogP contribution in [0.25, 0.3) is 0 Å². The second-order valence-electron chi connectivity index (χ2n) is 6.50. The summed E-state index contributed by atoms with van der Waals surface area (Å²) in [5.74, 6) is -3.10. The largest absolute Gasteiger partial charge is 0.422 e. The van der Waals surface area contributed by atoms with Gasteiger partial charge in [0.25, 0.3) is 0 Å². The SMILES string of the molecule is NC(=O)c1ccc(NC(=O)C(=O)N/N=C/c2ccccc2OC(=O)c2ccccc2Cl)cc1. The second kappa shape index (κ2) is 10.7. The first kappa shape index (κ1) is 23.2. The molecule has 3 rings (SSSR count). The Labute approximate surface area is 193 Å². The molecule has 0 radical (unpaired) electrons. The van der Waals surface area contributed by atoms with Gasteiger partial charge in [-0.1, -0.05) is 35.9 Å². The number of nitrogens with two attached hydrogens (primary N) is 1. The fraction of sp³-hybridized carbons (Fsp3) is 0. The van der Waals surface area contributed by atoms with E-state index in [0.29, 0.717) is 11.3 Å². The summed E-state index contributed by atoms with van der Waals surface area (Å²) in [6.07, 6.45) is 1.22. The lowest BCUT2D eigenvalue weighted by Gasteiger charge is -2.08. The highest BCUT2D eigenvalue weighted by molar-refractivity contribution is 6.39. The Kier molecular flexibility index (Phi) is 7.51. The third-order valence-electron chi connectivity index (χ3n) is 4.22. The molecule has 3 aromatic carbocycles. The zero-order valence-electron chi connectivity index (χ0n) is 16.9. The second-order valence-corrected chi connectivity index (χ2v) is 6.91. The van der Waals surface area contributed by atoms with Crippen molar-refractivity contribution in [3.8, 4) is 5.75 Å². The highest BCUT2D eigenvalue weighted by Crippen LogP contribution is 2.21. The van der Waals surface area contributed by atoms with Crippen LogP contribution in [0.3, 0.4) is 0 Å². The molecule has 0 saturated carbocycles. The molecule has 0 aromatic heterocycles. The Morgan fingerprint density at radius 1 is 0.879 bits per heavy atom. The zero-order valence-corrected chi connectivity index (χ0v) is 17.7. The smallest absolute Gasteiger partial charge is 0.345 e. The van der Waals surface area contributed by atoms with Gasteiger partial charge in [-0.3, -0.25) is 14.4 Å². The number of esters is 1. The number of hydrogen-bond donors (Lipinski definition) is 3. The molecule has 10 heteroatoms. The Morgan fingerprint density at radius 2 is 1.55 bits per heavy atom. The van der Waals surface area contributed by atoms with Crippen molar-refractivity contribution >= 4 is 47.2 Å². The highest BCUT2D eigenvalue weighted by atomic mass is 35.5. The molecule has 166 valence electrons. The quantitative estimate of drug-likeness (QED) is 0.169. The van der Waals surface area contributed by atoms with Crippen molar-refractivity contribution in [2.45, 2.75) is 0 Å². The van der Waals surface area contributed by atoms with Crippen LogP contribution in [0.5, 0.6) is 5.75 Å². The molecule has 4 N–H and O–H groups in total. The summed E-state index contributed by atoms with van der Waals surface area (Å²) in [5.41, 5.74) is 8.36. The minimum absolute atomic E-state index is 0.180. The lowest BCUT2D eigenvalue weighted by atomic mass is 10.2. The number of carbonyl (C=O) groups is 4. The summed E-state index contributed by atoms with van der Waals surface area (Å²) in [5, 5.41) is 6.34. The number of ether oxygens (including phenoxy) is 1. The summed E-state index contributed by atoms with van der Waals surface area (Å²) in [7, 11) is 0. The first-order chi connectivity index (χ1) is 15.8. The summed E-state index contributed by atoms with van der Waals surface area (Å²) in [6.45, 7) is 0. The van der Waals surface area contributed by atoms with Crippen LogP contribution >= 0.6 is 11.6 Å². The van der Waals surface area contributed by atoms with Crippen LogP contribution in [0, 0.1) is 0 Å². The van der Waals surface area contributed by atoms with Crippen LogP contribution in [0.15, 0.2) is 77.9 Å². The third-order valence-corrected chi connectivity index (χ3v) is 4.55. The van der Waals surface area contributed by atoms with Gasteiger partial charge in [-0.15, -0.1) is 0 Å². The minimum atomic E-state index is -1.03. The van der Waals surface area contributed by atoms with Gasteiger partial charge in [-0.05, 0) is 48.5 Å². The molecule has 0 saturated heterocycles. The van der Waals surface area contributed by atoms with Crippen molar-refractivity contribution in [1.82, 2.24) is 5.43 Å². The number of carbonyl (C=O) groups excluding carboxylic acids is 4. The van der Waals surface area contributed by atoms with Crippen LogP contribution < -0.4 is 21.2 Å². The van der Waals surface area contributed by atoms with Gasteiger partial charge in [0.05, 0.1) is 16.8 Å². The number of hydrazone groups is 1. The highest BCUT2D eigenvalue weighted by Gasteiger charge is 2.15. The van der Waals surface area contributed by atoms with E-state index >= 15 is 0 Å². The molecule has 0 aliphatic heterocycles. The molecule has 0 heterocycles. The number of amides is 3. The molecule has 0 atom stereocenters. The number of primary amides is 1. The molecule has 0 bridgehead atoms. The maximum absolute atomic E-state index is 12.4. The van der Waals surface area contributed by atoms with E-state index in [1.165, 1.54) is 36.5 Å². The third kappa shape index (κ3) is 6.25. The number of anilines is 1. The van der Waals surface area contributed by atoms with Gasteiger partial charge in [0.1, 0.15) is 5.75 Å². The number of halogens is 1. The molecule has 0 fully saturated rings. The molecule has 9 nitrogen and oxygen atoms in total. The summed E-state index contributed by atoms with van der Waals surface area (Å²) in [6, 6.07) is 18.6. The zero-order chi connectivity index (χ0) is 23.8. The molecule has 3 amide bonds. The Balaban J connectivity index is 1.61. The average Bonchev–Trinajstić information content (AvgIpc) is 2.80. The number of nitrogens with one attached hydrogen (secondary N) is 2. The first-order valence-electron chi connectivity index (χ1n) is 9.45. The molecule has 0 unspecified atom stereocenters. The molecular formula is C23H17ClN4O5. The van der Waals surface area contributed by atoms with Gasteiger partial charge >= 0.3 is 17.8 Å². The number of benzene rings is 3. The first-order valence-corrected chi connectivity index (χ1v) is 9.83. The van der Waals surface area contributed by atoms with E-state index < -0.39 is 23.7 Å². The van der Waals surface area contributed by atoms with Gasteiger partial charge in [0, 0.05) is 16.8 Å². The number of rotatable bonds is 6. The lowest BCUT2D eigenvalue weighted by molar-refractivity contribution is -0.136. The normalized spacial score (nSPS) is 10.5. The van der Waals surface area contributed by atoms with Crippen molar-refractivity contribution in [3.05, 3.63) is 94.5 Å². The fourth-order valence-corrected chi connectivity index (χ4v) is 2.79. The maximum Gasteiger partial charge on any atom is 0.345 e. The van der Waals surface area contributed by atoms with Crippen LogP contribution in [0.2, 0.25) is 5.02 Å². The van der Waals surface area contributed by atoms with Gasteiger partial charge < -0.3 is 15.8 Å². The van der Waals surface area contributed by atoms with E-state index in [-0.39, 0.29) is 21.9 Å². The van der Waals surface area contributed by atoms with E-state index in [9.17, 15) is 19.2 Å². The molecule has 0 spiro atoms. The van der Waals surface area contributed by atoms with Crippen LogP contribution in [0.1, 0.15) is 26.3 Å². The lowest BCUT2D eigenvalue weighted by Crippen LogP contribution is -2.32. The Morgan fingerprint density at radius 3 is 2.24 bits per heavy atom. The number of hydrogen-bond acceptors (Lipinski definition) is 6. The van der Waals surface area contributed by atoms with Crippen molar-refractivity contribution in [2.75, 3.05) is 5.32 Å². The predicted molar refractivity (Wildman–Crippen MR) is 122 cm³/mol. The summed E-state index contributed by atoms with van der Waals surface area (Å²) in [4.78, 5) is 47.5. The van der Waals surface area contributed by atoms with Gasteiger partial charge in [-0.2, -0.15) is 5.10 Å². The van der Waals surface area contributed by atoms with Crippen LogP contribution in [-0.4, -0.2) is 29.9 Å². The van der Waals surface area contributed by atoms with Gasteiger partial charge in [-0.25, -0.2) is 10.2 Å². The molecule has 0 aliphatic rings. The van der Waals surface area contributed by atoms with Crippen molar-refractivity contribution in [1.29, 1.82) is 0 Å². The van der Waals surface area contributed by atoms with E-state index in [0.717, 1.165) is 0 Å². The van der Waals surface area contributed by atoms with E-state index in [2.05, 4.69) is 15.8 Å². The van der Waals surface area contributed by atoms with Crippen molar-refractivity contribution in [3.63, 3.8) is 0 Å². The van der Waals surface area contributed by atoms with Crippen molar-refractivity contribution < 1.29 is 23.9 Å². The summed E-state index contributed by atoms with van der Waals surface area (Å²) < 4.78 is 5.38. The van der Waals surface area contributed by atoms with E-state index in [1.807, 2.05) is 0 Å². The number of nitrogens with zero attached hydrogens (tertiary/aromatic N) is 1. The Bertz CT molecular complexity index is 1240. The fourth-order valence-electron chi connectivity index (χ4n) is 2.58. The van der Waals surface area contributed by atoms with E-state index in [1.54, 1.807) is 42.5 Å². The molecule has 3 aromatic rings. The molecule has 0 aliphatic carbocycles. The van der Waals surface area contributed by atoms with Gasteiger partial charge in [0.15, 0.2) is 0 Å². The topological polar surface area (TPSA) is 140 Å².